The number of hydrogen-bond acceptors (Lipinski definition) is 0. The lowest BCUT2D eigenvalue weighted by atomic mass is 9.78. The highest BCUT2D eigenvalue weighted by molar-refractivity contribution is 5.83. The van der Waals surface area contributed by atoms with Crippen LogP contribution in [0.15, 0.2) is 36.4 Å². The molecule has 0 bridgehead atoms. The minimum absolute atomic E-state index is 0.917. The van der Waals surface area contributed by atoms with Crippen molar-refractivity contribution < 1.29 is 0 Å². The van der Waals surface area contributed by atoms with E-state index >= 15 is 0 Å². The van der Waals surface area contributed by atoms with E-state index in [0.29, 0.717) is 0 Å². The van der Waals surface area contributed by atoms with Gasteiger partial charge in [-0.1, -0.05) is 69.5 Å². The maximum atomic E-state index is 2.42. The normalized spacial score (nSPS) is 22.6. The van der Waals surface area contributed by atoms with Crippen molar-refractivity contribution in [2.24, 2.45) is 11.8 Å². The van der Waals surface area contributed by atoms with Crippen molar-refractivity contribution in [2.75, 3.05) is 0 Å². The van der Waals surface area contributed by atoms with E-state index in [9.17, 15) is 0 Å². The summed E-state index contributed by atoms with van der Waals surface area (Å²) in [4.78, 5) is 0. The fraction of sp³-hybridized carbons (Fsp3) is 0.524. The molecule has 2 aromatic carbocycles. The van der Waals surface area contributed by atoms with Gasteiger partial charge in [-0.2, -0.15) is 0 Å². The van der Waals surface area contributed by atoms with Crippen LogP contribution >= 0.6 is 0 Å². The Labute approximate surface area is 129 Å². The van der Waals surface area contributed by atoms with Gasteiger partial charge in [0, 0.05) is 0 Å². The van der Waals surface area contributed by atoms with Crippen LogP contribution in [0.1, 0.15) is 57.1 Å². The standard InChI is InChI=1S/C21H28/c1-3-16-5-7-18(8-6-16)13-19-10-12-20-14-17(4-2)9-11-21(20)15-19/h9-12,14-16,18H,3-8,13H2,1-2H3. The highest BCUT2D eigenvalue weighted by Crippen LogP contribution is 2.33. The molecule has 0 N–H and O–H groups in total. The van der Waals surface area contributed by atoms with Crippen LogP contribution in [0, 0.1) is 11.8 Å². The zero-order valence-electron chi connectivity index (χ0n) is 13.6. The molecular weight excluding hydrogens is 252 g/mol. The molecule has 3 rings (SSSR count). The summed E-state index contributed by atoms with van der Waals surface area (Å²) in [5.74, 6) is 1.92. The number of rotatable bonds is 4. The Morgan fingerprint density at radius 2 is 1.33 bits per heavy atom. The molecule has 1 saturated carbocycles. The van der Waals surface area contributed by atoms with E-state index in [2.05, 4.69) is 50.2 Å². The molecule has 0 saturated heterocycles. The second-order valence-corrected chi connectivity index (χ2v) is 6.87. The van der Waals surface area contributed by atoms with Gasteiger partial charge in [-0.05, 0) is 59.4 Å². The van der Waals surface area contributed by atoms with E-state index in [4.69, 9.17) is 0 Å². The van der Waals surface area contributed by atoms with Crippen molar-refractivity contribution in [3.05, 3.63) is 47.5 Å². The molecule has 0 heteroatoms. The Kier molecular flexibility index (Phi) is 4.63. The smallest absolute Gasteiger partial charge is 0.0181 e. The first-order chi connectivity index (χ1) is 10.3. The summed E-state index contributed by atoms with van der Waals surface area (Å²) < 4.78 is 0. The second kappa shape index (κ2) is 6.64. The van der Waals surface area contributed by atoms with Crippen LogP contribution in [-0.4, -0.2) is 0 Å². The van der Waals surface area contributed by atoms with Gasteiger partial charge in [0.25, 0.3) is 0 Å². The molecule has 2 aromatic rings. The highest BCUT2D eigenvalue weighted by Gasteiger charge is 2.20. The van der Waals surface area contributed by atoms with Crippen molar-refractivity contribution in [3.8, 4) is 0 Å². The fourth-order valence-electron chi connectivity index (χ4n) is 3.87. The summed E-state index contributed by atoms with van der Waals surface area (Å²) in [7, 11) is 0. The van der Waals surface area contributed by atoms with Gasteiger partial charge in [0.15, 0.2) is 0 Å². The lowest BCUT2D eigenvalue weighted by molar-refractivity contribution is 0.268. The molecule has 0 aliphatic heterocycles. The molecule has 0 spiro atoms. The van der Waals surface area contributed by atoms with E-state index in [1.807, 2.05) is 0 Å². The minimum Gasteiger partial charge on any atom is -0.0651 e. The quantitative estimate of drug-likeness (QED) is 0.629. The van der Waals surface area contributed by atoms with Crippen LogP contribution in [0.4, 0.5) is 0 Å². The monoisotopic (exact) mass is 280 g/mol. The Balaban J connectivity index is 1.70. The predicted octanol–water partition coefficient (Wildman–Crippen LogP) is 6.16. The molecule has 0 atom stereocenters. The molecule has 0 nitrogen and oxygen atoms in total. The van der Waals surface area contributed by atoms with Gasteiger partial charge in [-0.3, -0.25) is 0 Å². The Bertz CT molecular complexity index is 588. The van der Waals surface area contributed by atoms with E-state index in [0.717, 1.165) is 18.3 Å². The van der Waals surface area contributed by atoms with E-state index in [-0.39, 0.29) is 0 Å². The van der Waals surface area contributed by atoms with E-state index in [1.54, 1.807) is 0 Å². The third-order valence-corrected chi connectivity index (χ3v) is 5.45. The van der Waals surface area contributed by atoms with Gasteiger partial charge >= 0.3 is 0 Å². The molecule has 0 radical (unpaired) electrons. The maximum Gasteiger partial charge on any atom is -0.0181 e. The number of fused-ring (bicyclic) bond motifs is 1. The summed E-state index contributed by atoms with van der Waals surface area (Å²) in [5.41, 5.74) is 2.97. The first kappa shape index (κ1) is 14.6. The second-order valence-electron chi connectivity index (χ2n) is 6.87. The van der Waals surface area contributed by atoms with Gasteiger partial charge in [0.2, 0.25) is 0 Å². The topological polar surface area (TPSA) is 0 Å². The summed E-state index contributed by atoms with van der Waals surface area (Å²) >= 11 is 0. The molecule has 112 valence electrons. The lowest BCUT2D eigenvalue weighted by Crippen LogP contribution is -2.15. The van der Waals surface area contributed by atoms with Crippen LogP contribution in [0.5, 0.6) is 0 Å². The van der Waals surface area contributed by atoms with Crippen LogP contribution < -0.4 is 0 Å². The van der Waals surface area contributed by atoms with Crippen LogP contribution in [0.3, 0.4) is 0 Å². The van der Waals surface area contributed by atoms with Gasteiger partial charge in [-0.25, -0.2) is 0 Å². The molecule has 1 fully saturated rings. The third kappa shape index (κ3) is 3.48. The molecule has 0 amide bonds. The molecular formula is C21H28. The number of benzene rings is 2. The van der Waals surface area contributed by atoms with Crippen LogP contribution in [-0.2, 0) is 12.8 Å². The van der Waals surface area contributed by atoms with Crippen molar-refractivity contribution in [3.63, 3.8) is 0 Å². The molecule has 21 heavy (non-hydrogen) atoms. The molecule has 0 unspecified atom stereocenters. The van der Waals surface area contributed by atoms with Gasteiger partial charge in [0.05, 0.1) is 0 Å². The third-order valence-electron chi connectivity index (χ3n) is 5.45. The van der Waals surface area contributed by atoms with Crippen LogP contribution in [0.2, 0.25) is 0 Å². The molecule has 1 aliphatic rings. The SMILES string of the molecule is CCc1ccc2cc(CC3CCC(CC)CC3)ccc2c1. The Morgan fingerprint density at radius 1 is 0.762 bits per heavy atom. The summed E-state index contributed by atoms with van der Waals surface area (Å²) in [6, 6.07) is 14.0. The number of hydrogen-bond donors (Lipinski definition) is 0. The van der Waals surface area contributed by atoms with Crippen molar-refractivity contribution in [2.45, 2.75) is 58.8 Å². The van der Waals surface area contributed by atoms with Gasteiger partial charge in [0.1, 0.15) is 0 Å². The average Bonchev–Trinajstić information content (AvgIpc) is 2.55. The summed E-state index contributed by atoms with van der Waals surface area (Å²) in [6.45, 7) is 4.57. The zero-order valence-corrected chi connectivity index (χ0v) is 13.6. The molecule has 1 aliphatic carbocycles. The minimum atomic E-state index is 0.917. The van der Waals surface area contributed by atoms with E-state index < -0.39 is 0 Å². The fourth-order valence-corrected chi connectivity index (χ4v) is 3.87. The summed E-state index contributed by atoms with van der Waals surface area (Å²) in [5, 5.41) is 2.81. The van der Waals surface area contributed by atoms with Crippen molar-refractivity contribution in [1.82, 2.24) is 0 Å². The Morgan fingerprint density at radius 3 is 1.95 bits per heavy atom. The van der Waals surface area contributed by atoms with Crippen molar-refractivity contribution >= 4 is 10.8 Å². The van der Waals surface area contributed by atoms with Crippen LogP contribution in [0.25, 0.3) is 10.8 Å². The van der Waals surface area contributed by atoms with Crippen molar-refractivity contribution in [1.29, 1.82) is 0 Å². The largest absolute Gasteiger partial charge is 0.0651 e. The van der Waals surface area contributed by atoms with Gasteiger partial charge < -0.3 is 0 Å². The first-order valence-electron chi connectivity index (χ1n) is 8.80. The highest BCUT2D eigenvalue weighted by atomic mass is 14.3. The van der Waals surface area contributed by atoms with Gasteiger partial charge in [-0.15, -0.1) is 0 Å². The Hall–Kier alpha value is -1.30. The molecule has 0 heterocycles. The number of aryl methyl sites for hydroxylation is 1. The maximum absolute atomic E-state index is 2.42. The summed E-state index contributed by atoms with van der Waals surface area (Å²) in [6.07, 6.45) is 9.56. The zero-order chi connectivity index (χ0) is 14.7. The average molecular weight is 280 g/mol. The lowest BCUT2D eigenvalue weighted by Gasteiger charge is -2.27. The predicted molar refractivity (Wildman–Crippen MR) is 92.8 cm³/mol. The molecule has 0 aromatic heterocycles. The van der Waals surface area contributed by atoms with E-state index in [1.165, 1.54) is 60.4 Å². The first-order valence-corrected chi connectivity index (χ1v) is 8.80.